The summed E-state index contributed by atoms with van der Waals surface area (Å²) in [5, 5.41) is 7.51. The fraction of sp³-hybridized carbons (Fsp3) is 0.400. The predicted molar refractivity (Wildman–Crippen MR) is 82.2 cm³/mol. The first-order valence-corrected chi connectivity index (χ1v) is 7.70. The molecule has 0 radical (unpaired) electrons. The highest BCUT2D eigenvalue weighted by atomic mass is 79.9. The summed E-state index contributed by atoms with van der Waals surface area (Å²) in [7, 11) is 0. The van der Waals surface area contributed by atoms with Gasteiger partial charge in [-0.05, 0) is 54.5 Å². The molecule has 6 heteroatoms. The zero-order valence-electron chi connectivity index (χ0n) is 12.3. The van der Waals surface area contributed by atoms with Gasteiger partial charge in [-0.2, -0.15) is 5.10 Å². The Morgan fingerprint density at radius 1 is 1.33 bits per heavy atom. The predicted octanol–water partition coefficient (Wildman–Crippen LogP) is 3.95. The van der Waals surface area contributed by atoms with E-state index in [9.17, 15) is 8.78 Å². The van der Waals surface area contributed by atoms with Crippen molar-refractivity contribution in [2.45, 2.75) is 33.4 Å². The summed E-state index contributed by atoms with van der Waals surface area (Å²) in [6.45, 7) is 6.95. The fourth-order valence-electron chi connectivity index (χ4n) is 2.42. The van der Waals surface area contributed by atoms with E-state index in [1.807, 2.05) is 26.8 Å². The molecule has 0 spiro atoms. The smallest absolute Gasteiger partial charge is 0.145 e. The maximum atomic E-state index is 14.4. The van der Waals surface area contributed by atoms with Crippen molar-refractivity contribution in [2.24, 2.45) is 0 Å². The molecule has 0 aliphatic rings. The van der Waals surface area contributed by atoms with Gasteiger partial charge in [0.25, 0.3) is 0 Å². The molecule has 1 heterocycles. The second-order valence-corrected chi connectivity index (χ2v) is 5.63. The van der Waals surface area contributed by atoms with Crippen LogP contribution in [0.15, 0.2) is 22.7 Å². The molecule has 0 aliphatic carbocycles. The van der Waals surface area contributed by atoms with Gasteiger partial charge in [0.15, 0.2) is 0 Å². The van der Waals surface area contributed by atoms with Crippen LogP contribution in [-0.2, 0) is 6.54 Å². The molecule has 0 saturated heterocycles. The van der Waals surface area contributed by atoms with Gasteiger partial charge in [0, 0.05) is 12.1 Å². The van der Waals surface area contributed by atoms with Crippen molar-refractivity contribution in [3.05, 3.63) is 51.3 Å². The van der Waals surface area contributed by atoms with Crippen LogP contribution in [-0.4, -0.2) is 16.3 Å². The molecule has 1 N–H and O–H groups in total. The van der Waals surface area contributed by atoms with Gasteiger partial charge >= 0.3 is 0 Å². The summed E-state index contributed by atoms with van der Waals surface area (Å²) in [6.07, 6.45) is 0. The Morgan fingerprint density at radius 2 is 2.05 bits per heavy atom. The average molecular weight is 358 g/mol. The minimum absolute atomic E-state index is 0.0147. The molecule has 1 aromatic heterocycles. The highest BCUT2D eigenvalue weighted by Crippen LogP contribution is 2.31. The number of nitrogens with one attached hydrogen (secondary N) is 1. The lowest BCUT2D eigenvalue weighted by atomic mass is 10.0. The first-order valence-electron chi connectivity index (χ1n) is 6.90. The Labute approximate surface area is 131 Å². The molecule has 1 unspecified atom stereocenters. The molecular weight excluding hydrogens is 340 g/mol. The van der Waals surface area contributed by atoms with E-state index in [2.05, 4.69) is 26.3 Å². The van der Waals surface area contributed by atoms with Crippen molar-refractivity contribution in [3.8, 4) is 0 Å². The number of aromatic nitrogens is 2. The number of halogens is 3. The lowest BCUT2D eigenvalue weighted by Crippen LogP contribution is -2.26. The van der Waals surface area contributed by atoms with Crippen molar-refractivity contribution >= 4 is 15.9 Å². The zero-order chi connectivity index (χ0) is 15.6. The van der Waals surface area contributed by atoms with E-state index in [-0.39, 0.29) is 10.0 Å². The normalized spacial score (nSPS) is 12.7. The maximum Gasteiger partial charge on any atom is 0.145 e. The van der Waals surface area contributed by atoms with Crippen LogP contribution in [0.3, 0.4) is 0 Å². The monoisotopic (exact) mass is 357 g/mol. The van der Waals surface area contributed by atoms with Gasteiger partial charge in [-0.25, -0.2) is 8.78 Å². The summed E-state index contributed by atoms with van der Waals surface area (Å²) < 4.78 is 30.6. The van der Waals surface area contributed by atoms with Gasteiger partial charge in [-0.15, -0.1) is 0 Å². The number of hydrogen-bond donors (Lipinski definition) is 1. The number of rotatable bonds is 5. The molecule has 0 amide bonds. The average Bonchev–Trinajstić information content (AvgIpc) is 2.83. The second-order valence-electron chi connectivity index (χ2n) is 4.77. The molecule has 0 saturated carbocycles. The van der Waals surface area contributed by atoms with E-state index in [1.165, 1.54) is 12.1 Å². The molecule has 3 nitrogen and oxygen atoms in total. The van der Waals surface area contributed by atoms with Gasteiger partial charge in [0.1, 0.15) is 11.6 Å². The lowest BCUT2D eigenvalue weighted by Gasteiger charge is -2.21. The Hall–Kier alpha value is -1.27. The van der Waals surface area contributed by atoms with Crippen LogP contribution in [0.4, 0.5) is 8.78 Å². The van der Waals surface area contributed by atoms with E-state index in [4.69, 9.17) is 0 Å². The summed E-state index contributed by atoms with van der Waals surface area (Å²) in [6, 6.07) is 3.93. The quantitative estimate of drug-likeness (QED) is 0.821. The summed E-state index contributed by atoms with van der Waals surface area (Å²) >= 11 is 3.12. The van der Waals surface area contributed by atoms with Crippen LogP contribution in [0, 0.1) is 18.6 Å². The highest BCUT2D eigenvalue weighted by Gasteiger charge is 2.26. The van der Waals surface area contributed by atoms with Gasteiger partial charge in [-0.1, -0.05) is 6.92 Å². The minimum Gasteiger partial charge on any atom is -0.305 e. The topological polar surface area (TPSA) is 29.9 Å². The van der Waals surface area contributed by atoms with Gasteiger partial charge < -0.3 is 5.32 Å². The molecule has 1 aromatic carbocycles. The van der Waals surface area contributed by atoms with E-state index in [0.29, 0.717) is 13.1 Å². The molecule has 1 atom stereocenters. The Bertz CT molecular complexity index is 640. The third-order valence-corrected chi connectivity index (χ3v) is 3.92. The third-order valence-electron chi connectivity index (χ3n) is 3.30. The number of benzene rings is 1. The van der Waals surface area contributed by atoms with Crippen LogP contribution >= 0.6 is 15.9 Å². The van der Waals surface area contributed by atoms with Gasteiger partial charge in [-0.3, -0.25) is 4.68 Å². The molecular formula is C15H18BrF2N3. The zero-order valence-corrected chi connectivity index (χ0v) is 13.8. The second kappa shape index (κ2) is 6.66. The number of hydrogen-bond acceptors (Lipinski definition) is 2. The summed E-state index contributed by atoms with van der Waals surface area (Å²) in [5.74, 6) is -1.15. The van der Waals surface area contributed by atoms with Crippen LogP contribution in [0.25, 0.3) is 0 Å². The van der Waals surface area contributed by atoms with Crippen LogP contribution < -0.4 is 5.32 Å². The highest BCUT2D eigenvalue weighted by molar-refractivity contribution is 9.10. The fourth-order valence-corrected chi connectivity index (χ4v) is 2.76. The molecule has 0 bridgehead atoms. The van der Waals surface area contributed by atoms with Crippen molar-refractivity contribution in [1.29, 1.82) is 0 Å². The first-order chi connectivity index (χ1) is 9.99. The van der Waals surface area contributed by atoms with Crippen molar-refractivity contribution < 1.29 is 8.78 Å². The largest absolute Gasteiger partial charge is 0.305 e. The molecule has 2 rings (SSSR count). The van der Waals surface area contributed by atoms with Gasteiger partial charge in [0.05, 0.1) is 21.9 Å². The minimum atomic E-state index is -0.581. The van der Waals surface area contributed by atoms with E-state index >= 15 is 0 Å². The van der Waals surface area contributed by atoms with Gasteiger partial charge in [0.2, 0.25) is 0 Å². The SMILES string of the molecule is CCNC(c1c(F)ccc(Br)c1F)c1cc(C)nn1CC. The van der Waals surface area contributed by atoms with Crippen LogP contribution in [0.2, 0.25) is 0 Å². The summed E-state index contributed by atoms with van der Waals surface area (Å²) in [4.78, 5) is 0. The van der Waals surface area contributed by atoms with E-state index in [1.54, 1.807) is 4.68 Å². The van der Waals surface area contributed by atoms with E-state index < -0.39 is 17.7 Å². The number of aryl methyl sites for hydroxylation is 2. The standard InChI is InChI=1S/C15H18BrF2N3/c1-4-19-15(12-8-9(3)20-21(12)5-2)13-11(17)7-6-10(16)14(13)18/h6-8,15,19H,4-5H2,1-3H3. The maximum absolute atomic E-state index is 14.4. The van der Waals surface area contributed by atoms with Crippen molar-refractivity contribution in [2.75, 3.05) is 6.54 Å². The lowest BCUT2D eigenvalue weighted by molar-refractivity contribution is 0.481. The van der Waals surface area contributed by atoms with E-state index in [0.717, 1.165) is 11.4 Å². The van der Waals surface area contributed by atoms with Crippen molar-refractivity contribution in [1.82, 2.24) is 15.1 Å². The Kier molecular flexibility index (Phi) is 5.11. The van der Waals surface area contributed by atoms with Crippen LogP contribution in [0.1, 0.15) is 36.8 Å². The Balaban J connectivity index is 2.61. The molecule has 114 valence electrons. The van der Waals surface area contributed by atoms with Crippen molar-refractivity contribution in [3.63, 3.8) is 0 Å². The number of nitrogens with zero attached hydrogens (tertiary/aromatic N) is 2. The molecule has 0 fully saturated rings. The summed E-state index contributed by atoms with van der Waals surface area (Å²) in [5.41, 5.74) is 1.60. The molecule has 2 aromatic rings. The first kappa shape index (κ1) is 16.1. The van der Waals surface area contributed by atoms with Crippen LogP contribution in [0.5, 0.6) is 0 Å². The molecule has 0 aliphatic heterocycles. The molecule has 21 heavy (non-hydrogen) atoms. The third kappa shape index (κ3) is 3.16. The Morgan fingerprint density at radius 3 is 2.67 bits per heavy atom.